The number of primary sulfonamides is 1. The number of quaternary nitrogens is 1. The first-order chi connectivity index (χ1) is 18.0. The molecule has 3 heterocycles. The minimum atomic E-state index is -3.56. The van der Waals surface area contributed by atoms with Crippen molar-refractivity contribution in [2.24, 2.45) is 0 Å². The molecule has 9 heteroatoms. The van der Waals surface area contributed by atoms with Crippen LogP contribution in [0.3, 0.4) is 0 Å². The highest BCUT2D eigenvalue weighted by Gasteiger charge is 2.20. The molecular weight excluding hydrogens is 484 g/mol. The van der Waals surface area contributed by atoms with E-state index >= 15 is 0 Å². The molecule has 5 aromatic rings. The third-order valence-corrected chi connectivity index (χ3v) is 7.45. The van der Waals surface area contributed by atoms with Gasteiger partial charge in [-0.25, -0.2) is 14.7 Å². The van der Waals surface area contributed by atoms with Crippen LogP contribution in [0.4, 0.5) is 5.82 Å². The molecule has 0 bridgehead atoms. The predicted octanol–water partition coefficient (Wildman–Crippen LogP) is 4.03. The molecular formula is C28H27N6O2S+. The second-order valence-corrected chi connectivity index (χ2v) is 10.4. The maximum atomic E-state index is 12.8. The van der Waals surface area contributed by atoms with Gasteiger partial charge in [-0.3, -0.25) is 9.97 Å². The van der Waals surface area contributed by atoms with Crippen LogP contribution >= 0.6 is 0 Å². The molecule has 0 saturated heterocycles. The molecule has 5 rings (SSSR count). The van der Waals surface area contributed by atoms with Gasteiger partial charge in [0.1, 0.15) is 10.7 Å². The summed E-state index contributed by atoms with van der Waals surface area (Å²) >= 11 is 0. The molecule has 3 aromatic heterocycles. The zero-order chi connectivity index (χ0) is 25.7. The number of hydrogen-bond donors (Lipinski definition) is 2. The highest BCUT2D eigenvalue weighted by molar-refractivity contribution is 7.84. The normalized spacial score (nSPS) is 11.5. The van der Waals surface area contributed by atoms with E-state index in [1.165, 1.54) is 10.9 Å². The van der Waals surface area contributed by atoms with Crippen LogP contribution in [0.2, 0.25) is 0 Å². The van der Waals surface area contributed by atoms with Crippen molar-refractivity contribution in [3.63, 3.8) is 0 Å². The monoisotopic (exact) mass is 511 g/mol. The Hall–Kier alpha value is -4.21. The summed E-state index contributed by atoms with van der Waals surface area (Å²) < 4.78 is 26.9. The zero-order valence-corrected chi connectivity index (χ0v) is 21.2. The van der Waals surface area contributed by atoms with Crippen molar-refractivity contribution < 1.29 is 13.1 Å². The first kappa shape index (κ1) is 24.5. The Balaban J connectivity index is 1.64. The van der Waals surface area contributed by atoms with E-state index in [0.717, 1.165) is 34.1 Å². The van der Waals surface area contributed by atoms with Crippen LogP contribution in [-0.2, 0) is 16.6 Å². The number of pyridine rings is 2. The molecule has 8 nitrogen and oxygen atoms in total. The second kappa shape index (κ2) is 10.8. The van der Waals surface area contributed by atoms with Gasteiger partial charge in [-0.1, -0.05) is 55.5 Å². The summed E-state index contributed by atoms with van der Waals surface area (Å²) in [5.74, 6) is 1.03. The molecule has 0 aliphatic rings. The van der Waals surface area contributed by atoms with Crippen LogP contribution in [-0.4, -0.2) is 34.9 Å². The molecule has 3 N–H and O–H groups in total. The number of sulfonamides is 1. The van der Waals surface area contributed by atoms with E-state index in [-0.39, 0.29) is 4.90 Å². The predicted molar refractivity (Wildman–Crippen MR) is 144 cm³/mol. The van der Waals surface area contributed by atoms with Crippen molar-refractivity contribution >= 4 is 26.7 Å². The quantitative estimate of drug-likeness (QED) is 0.307. The Morgan fingerprint density at radius 1 is 0.892 bits per heavy atom. The second-order valence-electron chi connectivity index (χ2n) is 8.55. The summed E-state index contributed by atoms with van der Waals surface area (Å²) in [5.41, 5.74) is 4.18. The van der Waals surface area contributed by atoms with E-state index in [1.54, 1.807) is 18.5 Å². The molecule has 0 aliphatic carbocycles. The van der Waals surface area contributed by atoms with Gasteiger partial charge in [0.05, 0.1) is 35.9 Å². The van der Waals surface area contributed by atoms with E-state index in [2.05, 4.69) is 27.4 Å². The van der Waals surface area contributed by atoms with Crippen LogP contribution in [0.15, 0.2) is 96.3 Å². The van der Waals surface area contributed by atoms with Crippen LogP contribution < -0.4 is 10.0 Å². The lowest BCUT2D eigenvalue weighted by Crippen LogP contribution is -2.87. The third-order valence-electron chi connectivity index (χ3n) is 5.90. The first-order valence-electron chi connectivity index (χ1n) is 12.1. The number of rotatable bonds is 9. The van der Waals surface area contributed by atoms with Gasteiger partial charge in [0.2, 0.25) is 0 Å². The fraction of sp³-hybridized carbons (Fsp3) is 0.143. The van der Waals surface area contributed by atoms with Crippen LogP contribution in [0, 0.1) is 0 Å². The molecule has 0 unspecified atom stereocenters. The van der Waals surface area contributed by atoms with Crippen molar-refractivity contribution in [3.05, 3.63) is 97.1 Å². The lowest BCUT2D eigenvalue weighted by atomic mass is 10.0. The molecule has 0 spiro atoms. The standard InChI is InChI=1S/C28H26N6O2S/c1-2-14-32-37(35,36)23-16-21(17-29-19-23)27-33-25-13-8-12-24(20-9-4-3-5-10-20)26(25)28(34-27)31-18-22-11-6-7-15-30-22/h3-13,15-17,19,32H,2,14,18H2,1H3,(H,31,33,34)/p+1. The third kappa shape index (κ3) is 5.47. The van der Waals surface area contributed by atoms with Crippen LogP contribution in [0.5, 0.6) is 0 Å². The smallest absolute Gasteiger partial charge is 0.325 e. The summed E-state index contributed by atoms with van der Waals surface area (Å²) in [4.78, 5) is 18.4. The largest absolute Gasteiger partial charge is 0.364 e. The summed E-state index contributed by atoms with van der Waals surface area (Å²) in [5, 5.41) is 4.31. The SMILES string of the molecule is CCC[NH2+]S(=O)(=O)c1cncc(-c2nc(NCc3ccccn3)c3c(-c4ccccc4)cccc3n2)c1. The van der Waals surface area contributed by atoms with E-state index in [9.17, 15) is 8.42 Å². The van der Waals surface area contributed by atoms with Crippen LogP contribution in [0.25, 0.3) is 33.4 Å². The minimum Gasteiger partial charge on any atom is -0.364 e. The Labute approximate surface area is 215 Å². The van der Waals surface area contributed by atoms with Gasteiger partial charge in [-0.15, -0.1) is 0 Å². The van der Waals surface area contributed by atoms with Crippen molar-refractivity contribution in [1.29, 1.82) is 0 Å². The van der Waals surface area contributed by atoms with E-state index in [1.807, 2.05) is 61.5 Å². The number of benzene rings is 2. The van der Waals surface area contributed by atoms with Crippen LogP contribution in [0.1, 0.15) is 19.0 Å². The average molecular weight is 512 g/mol. The Morgan fingerprint density at radius 2 is 1.73 bits per heavy atom. The van der Waals surface area contributed by atoms with Crippen molar-refractivity contribution in [3.8, 4) is 22.5 Å². The van der Waals surface area contributed by atoms with Gasteiger partial charge in [0, 0.05) is 18.0 Å². The first-order valence-corrected chi connectivity index (χ1v) is 13.6. The molecule has 0 atom stereocenters. The number of nitrogens with zero attached hydrogens (tertiary/aromatic N) is 4. The molecule has 0 fully saturated rings. The molecule has 0 amide bonds. The average Bonchev–Trinajstić information content (AvgIpc) is 2.95. The highest BCUT2D eigenvalue weighted by atomic mass is 32.2. The maximum absolute atomic E-state index is 12.8. The zero-order valence-electron chi connectivity index (χ0n) is 20.4. The Kier molecular flexibility index (Phi) is 7.16. The Morgan fingerprint density at radius 3 is 2.51 bits per heavy atom. The van der Waals surface area contributed by atoms with E-state index < -0.39 is 10.0 Å². The van der Waals surface area contributed by atoms with Crippen molar-refractivity contribution in [1.82, 2.24) is 19.9 Å². The molecule has 2 aromatic carbocycles. The summed E-state index contributed by atoms with van der Waals surface area (Å²) in [7, 11) is -3.56. The summed E-state index contributed by atoms with van der Waals surface area (Å²) in [6, 6.07) is 23.4. The number of nitrogens with one attached hydrogen (secondary N) is 1. The summed E-state index contributed by atoms with van der Waals surface area (Å²) in [6.07, 6.45) is 5.45. The molecule has 0 aliphatic heterocycles. The molecule has 186 valence electrons. The fourth-order valence-electron chi connectivity index (χ4n) is 4.04. The van der Waals surface area contributed by atoms with Crippen molar-refractivity contribution in [2.75, 3.05) is 11.9 Å². The van der Waals surface area contributed by atoms with Gasteiger partial charge in [0.15, 0.2) is 5.82 Å². The maximum Gasteiger partial charge on any atom is 0.325 e. The van der Waals surface area contributed by atoms with Crippen molar-refractivity contribution in [2.45, 2.75) is 24.8 Å². The number of aromatic nitrogens is 4. The van der Waals surface area contributed by atoms with Gasteiger partial charge >= 0.3 is 10.0 Å². The highest BCUT2D eigenvalue weighted by Crippen LogP contribution is 2.34. The summed E-state index contributed by atoms with van der Waals surface area (Å²) in [6.45, 7) is 2.88. The molecule has 0 saturated carbocycles. The van der Waals surface area contributed by atoms with E-state index in [0.29, 0.717) is 30.3 Å². The topological polar surface area (TPSA) is 114 Å². The van der Waals surface area contributed by atoms with Gasteiger partial charge in [0.25, 0.3) is 0 Å². The number of anilines is 1. The van der Waals surface area contributed by atoms with E-state index in [4.69, 9.17) is 9.97 Å². The number of hydrogen-bond acceptors (Lipinski definition) is 7. The number of nitrogens with two attached hydrogens (primary N) is 1. The lowest BCUT2D eigenvalue weighted by Gasteiger charge is -2.14. The minimum absolute atomic E-state index is 0.128. The Bertz CT molecular complexity index is 1630. The van der Waals surface area contributed by atoms with Gasteiger partial charge < -0.3 is 5.32 Å². The number of fused-ring (bicyclic) bond motifs is 1. The van der Waals surface area contributed by atoms with Gasteiger partial charge in [-0.05, 0) is 41.8 Å². The molecule has 37 heavy (non-hydrogen) atoms. The fourth-order valence-corrected chi connectivity index (χ4v) is 5.28. The molecule has 0 radical (unpaired) electrons. The lowest BCUT2D eigenvalue weighted by molar-refractivity contribution is -0.496. The van der Waals surface area contributed by atoms with Gasteiger partial charge in [-0.2, -0.15) is 8.42 Å².